The molecule has 0 rings (SSSR count). The van der Waals surface area contributed by atoms with Crippen molar-refractivity contribution in [2.24, 2.45) is 0 Å². The van der Waals surface area contributed by atoms with Gasteiger partial charge in [-0.25, -0.2) is 4.79 Å². The van der Waals surface area contributed by atoms with Crippen LogP contribution in [0, 0.1) is 12.3 Å². The van der Waals surface area contributed by atoms with Crippen molar-refractivity contribution in [2.45, 2.75) is 26.2 Å². The molecule has 1 N–H and O–H groups in total. The summed E-state index contributed by atoms with van der Waals surface area (Å²) in [5, 5.41) is 0. The van der Waals surface area contributed by atoms with E-state index in [2.05, 4.69) is 23.2 Å². The van der Waals surface area contributed by atoms with Crippen molar-refractivity contribution >= 4 is 5.97 Å². The van der Waals surface area contributed by atoms with Crippen molar-refractivity contribution in [1.82, 2.24) is 5.48 Å². The number of terminal acetylenes is 1. The molecule has 0 aromatic heterocycles. The van der Waals surface area contributed by atoms with Crippen LogP contribution in [0.15, 0.2) is 0 Å². The van der Waals surface area contributed by atoms with Gasteiger partial charge in [-0.2, -0.15) is 5.48 Å². The lowest BCUT2D eigenvalue weighted by molar-refractivity contribution is -0.149. The number of rotatable bonds is 5. The third-order valence-electron chi connectivity index (χ3n) is 1.06. The number of carbonyl (C=O) groups excluding carboxylic acids is 1. The first-order valence-corrected chi connectivity index (χ1v) is 3.67. The molecule has 0 spiro atoms. The van der Waals surface area contributed by atoms with E-state index in [-0.39, 0.29) is 6.42 Å². The van der Waals surface area contributed by atoms with E-state index in [4.69, 9.17) is 6.42 Å². The van der Waals surface area contributed by atoms with Gasteiger partial charge in [0.1, 0.15) is 6.42 Å². The Morgan fingerprint density at radius 1 is 1.73 bits per heavy atom. The molecule has 3 nitrogen and oxygen atoms in total. The molecule has 0 saturated heterocycles. The normalized spacial score (nSPS) is 8.73. The van der Waals surface area contributed by atoms with Crippen LogP contribution < -0.4 is 5.48 Å². The van der Waals surface area contributed by atoms with Crippen LogP contribution >= 0.6 is 0 Å². The summed E-state index contributed by atoms with van der Waals surface area (Å²) >= 11 is 0. The van der Waals surface area contributed by atoms with Gasteiger partial charge in [0.05, 0.1) is 0 Å². The Morgan fingerprint density at radius 2 is 2.45 bits per heavy atom. The molecule has 0 aromatic carbocycles. The van der Waals surface area contributed by atoms with Crippen molar-refractivity contribution in [2.75, 3.05) is 6.54 Å². The van der Waals surface area contributed by atoms with Gasteiger partial charge in [0, 0.05) is 6.54 Å². The second-order valence-electron chi connectivity index (χ2n) is 2.10. The van der Waals surface area contributed by atoms with E-state index in [0.717, 1.165) is 12.8 Å². The predicted molar refractivity (Wildman–Crippen MR) is 42.5 cm³/mol. The first kappa shape index (κ1) is 9.99. The van der Waals surface area contributed by atoms with Gasteiger partial charge in [-0.15, -0.1) is 6.42 Å². The quantitative estimate of drug-likeness (QED) is 0.363. The van der Waals surface area contributed by atoms with E-state index >= 15 is 0 Å². The Labute approximate surface area is 67.1 Å². The fraction of sp³-hybridized carbons (Fsp3) is 0.625. The van der Waals surface area contributed by atoms with Crippen molar-refractivity contribution in [3.63, 3.8) is 0 Å². The Morgan fingerprint density at radius 3 is 3.00 bits per heavy atom. The van der Waals surface area contributed by atoms with Crippen LogP contribution in [0.2, 0.25) is 0 Å². The summed E-state index contributed by atoms with van der Waals surface area (Å²) in [6.07, 6.45) is 6.97. The molecule has 0 atom stereocenters. The van der Waals surface area contributed by atoms with Gasteiger partial charge in [0.25, 0.3) is 0 Å². The zero-order chi connectivity index (χ0) is 8.53. The molecule has 11 heavy (non-hydrogen) atoms. The SMILES string of the molecule is C#CCC(=O)ONCCCC. The molecule has 0 aliphatic heterocycles. The Hall–Kier alpha value is -1.01. The van der Waals surface area contributed by atoms with Crippen LogP contribution in [0.25, 0.3) is 0 Å². The lowest BCUT2D eigenvalue weighted by Crippen LogP contribution is -2.20. The van der Waals surface area contributed by atoms with Crippen LogP contribution in [0.4, 0.5) is 0 Å². The van der Waals surface area contributed by atoms with Crippen LogP contribution in [0.5, 0.6) is 0 Å². The molecule has 0 fully saturated rings. The average Bonchev–Trinajstić information content (AvgIpc) is 1.99. The number of hydrogen-bond donors (Lipinski definition) is 1. The summed E-state index contributed by atoms with van der Waals surface area (Å²) in [5.74, 6) is 1.79. The number of carbonyl (C=O) groups is 1. The highest BCUT2D eigenvalue weighted by molar-refractivity contribution is 5.71. The van der Waals surface area contributed by atoms with Crippen LogP contribution in [0.1, 0.15) is 26.2 Å². The Balaban J connectivity index is 3.12. The van der Waals surface area contributed by atoms with Crippen molar-refractivity contribution in [3.05, 3.63) is 0 Å². The number of hydroxylamine groups is 1. The molecular weight excluding hydrogens is 142 g/mol. The topological polar surface area (TPSA) is 38.3 Å². The first-order valence-electron chi connectivity index (χ1n) is 3.67. The zero-order valence-electron chi connectivity index (χ0n) is 6.72. The molecule has 0 aliphatic carbocycles. The fourth-order valence-corrected chi connectivity index (χ4v) is 0.500. The molecular formula is C8H13NO2. The lowest BCUT2D eigenvalue weighted by Gasteiger charge is -2.01. The monoisotopic (exact) mass is 155 g/mol. The molecule has 0 aromatic rings. The summed E-state index contributed by atoms with van der Waals surface area (Å²) in [6.45, 7) is 2.75. The van der Waals surface area contributed by atoms with Crippen molar-refractivity contribution < 1.29 is 9.63 Å². The Kier molecular flexibility index (Phi) is 6.45. The minimum atomic E-state index is -0.399. The minimum Gasteiger partial charge on any atom is -0.370 e. The summed E-state index contributed by atoms with van der Waals surface area (Å²) in [5.41, 5.74) is 2.53. The Bertz CT molecular complexity index is 149. The lowest BCUT2D eigenvalue weighted by atomic mass is 10.3. The molecule has 62 valence electrons. The van der Waals surface area contributed by atoms with E-state index in [1.807, 2.05) is 0 Å². The maximum absolute atomic E-state index is 10.6. The van der Waals surface area contributed by atoms with Crippen molar-refractivity contribution in [1.29, 1.82) is 0 Å². The number of hydrogen-bond acceptors (Lipinski definition) is 3. The highest BCUT2D eigenvalue weighted by Crippen LogP contribution is 1.84. The predicted octanol–water partition coefficient (Wildman–Crippen LogP) is 0.858. The maximum atomic E-state index is 10.6. The molecule has 0 radical (unpaired) electrons. The molecule has 0 aliphatic rings. The first-order chi connectivity index (χ1) is 5.31. The van der Waals surface area contributed by atoms with Crippen LogP contribution in [-0.2, 0) is 9.63 Å². The molecule has 0 heterocycles. The smallest absolute Gasteiger partial charge is 0.336 e. The molecule has 3 heteroatoms. The summed E-state index contributed by atoms with van der Waals surface area (Å²) in [7, 11) is 0. The van der Waals surface area contributed by atoms with Gasteiger partial charge in [-0.3, -0.25) is 0 Å². The fourth-order valence-electron chi connectivity index (χ4n) is 0.500. The molecule has 0 unspecified atom stereocenters. The van der Waals surface area contributed by atoms with E-state index in [1.165, 1.54) is 0 Å². The standard InChI is InChI=1S/C8H13NO2/c1-3-5-7-9-11-8(10)6-4-2/h2,9H,3,5-7H2,1H3. The van der Waals surface area contributed by atoms with Crippen LogP contribution in [0.3, 0.4) is 0 Å². The highest BCUT2D eigenvalue weighted by atomic mass is 16.7. The van der Waals surface area contributed by atoms with E-state index in [9.17, 15) is 4.79 Å². The van der Waals surface area contributed by atoms with Crippen molar-refractivity contribution in [3.8, 4) is 12.3 Å². The van der Waals surface area contributed by atoms with E-state index in [1.54, 1.807) is 0 Å². The maximum Gasteiger partial charge on any atom is 0.336 e. The second-order valence-corrected chi connectivity index (χ2v) is 2.10. The average molecular weight is 155 g/mol. The minimum absolute atomic E-state index is 0.0269. The number of nitrogens with one attached hydrogen (secondary N) is 1. The van der Waals surface area contributed by atoms with Gasteiger partial charge in [-0.1, -0.05) is 19.3 Å². The molecule has 0 amide bonds. The summed E-state index contributed by atoms with van der Waals surface area (Å²) in [6, 6.07) is 0. The van der Waals surface area contributed by atoms with Gasteiger partial charge < -0.3 is 4.84 Å². The molecule has 0 saturated carbocycles. The summed E-state index contributed by atoms with van der Waals surface area (Å²) in [4.78, 5) is 15.1. The second kappa shape index (κ2) is 7.10. The largest absolute Gasteiger partial charge is 0.370 e. The highest BCUT2D eigenvalue weighted by Gasteiger charge is 1.97. The number of unbranched alkanes of at least 4 members (excludes halogenated alkanes) is 1. The summed E-state index contributed by atoms with van der Waals surface area (Å²) < 4.78 is 0. The zero-order valence-corrected chi connectivity index (χ0v) is 6.72. The van der Waals surface area contributed by atoms with Gasteiger partial charge in [-0.05, 0) is 6.42 Å². The van der Waals surface area contributed by atoms with Crippen LogP contribution in [-0.4, -0.2) is 12.5 Å². The van der Waals surface area contributed by atoms with Gasteiger partial charge in [0.15, 0.2) is 0 Å². The molecule has 0 bridgehead atoms. The van der Waals surface area contributed by atoms with E-state index in [0.29, 0.717) is 6.54 Å². The van der Waals surface area contributed by atoms with Gasteiger partial charge >= 0.3 is 5.97 Å². The van der Waals surface area contributed by atoms with Gasteiger partial charge in [0.2, 0.25) is 0 Å². The third kappa shape index (κ3) is 6.88. The third-order valence-corrected chi connectivity index (χ3v) is 1.06. The van der Waals surface area contributed by atoms with E-state index < -0.39 is 5.97 Å².